The minimum Gasteiger partial charge on any atom is -0.469 e. The maximum Gasteiger partial charge on any atom is 0.307 e. The molecule has 1 rings (SSSR count). The minimum atomic E-state index is -0.425. The van der Waals surface area contributed by atoms with E-state index in [1.165, 1.54) is 26.4 Å². The Morgan fingerprint density at radius 2 is 1.80 bits per heavy atom. The first-order valence-electron chi connectivity index (χ1n) is 6.16. The summed E-state index contributed by atoms with van der Waals surface area (Å²) in [5.41, 5.74) is 0.727. The van der Waals surface area contributed by atoms with Gasteiger partial charge in [-0.15, -0.1) is 0 Å². The Morgan fingerprint density at radius 3 is 2.30 bits per heavy atom. The van der Waals surface area contributed by atoms with Crippen LogP contribution in [0.15, 0.2) is 24.3 Å². The molecule has 6 heteroatoms. The van der Waals surface area contributed by atoms with Crippen LogP contribution in [-0.4, -0.2) is 32.2 Å². The van der Waals surface area contributed by atoms with Crippen LogP contribution in [0.2, 0.25) is 0 Å². The molecule has 1 aromatic rings. The predicted octanol–water partition coefficient (Wildman–Crippen LogP) is 1.41. The van der Waals surface area contributed by atoms with Crippen molar-refractivity contribution in [2.75, 3.05) is 14.2 Å². The summed E-state index contributed by atoms with van der Waals surface area (Å²) in [7, 11) is 2.56. The highest BCUT2D eigenvalue weighted by atomic mass is 19.1. The van der Waals surface area contributed by atoms with Gasteiger partial charge in [-0.1, -0.05) is 12.1 Å². The lowest BCUT2D eigenvalue weighted by atomic mass is 10.1. The molecule has 0 aliphatic rings. The van der Waals surface area contributed by atoms with Crippen molar-refractivity contribution in [2.24, 2.45) is 0 Å². The standard InChI is InChI=1S/C14H18FNO4/c1-19-13(17)7-12(8-14(18)20-2)16-9-10-4-3-5-11(15)6-10/h3-6,12,16H,7-9H2,1-2H3. The highest BCUT2D eigenvalue weighted by molar-refractivity contribution is 5.73. The Labute approximate surface area is 117 Å². The van der Waals surface area contributed by atoms with E-state index in [1.807, 2.05) is 0 Å². The lowest BCUT2D eigenvalue weighted by Gasteiger charge is -2.16. The second-order valence-corrected chi connectivity index (χ2v) is 4.27. The van der Waals surface area contributed by atoms with E-state index in [0.29, 0.717) is 6.54 Å². The Morgan fingerprint density at radius 1 is 1.20 bits per heavy atom. The second-order valence-electron chi connectivity index (χ2n) is 4.27. The number of carbonyl (C=O) groups is 2. The molecule has 5 nitrogen and oxygen atoms in total. The van der Waals surface area contributed by atoms with E-state index in [4.69, 9.17) is 0 Å². The van der Waals surface area contributed by atoms with Crippen molar-refractivity contribution in [3.63, 3.8) is 0 Å². The second kappa shape index (κ2) is 8.27. The number of hydrogen-bond donors (Lipinski definition) is 1. The molecule has 0 fully saturated rings. The van der Waals surface area contributed by atoms with Crippen molar-refractivity contribution in [3.05, 3.63) is 35.6 Å². The third-order valence-corrected chi connectivity index (χ3v) is 2.77. The van der Waals surface area contributed by atoms with Gasteiger partial charge in [0, 0.05) is 12.6 Å². The van der Waals surface area contributed by atoms with E-state index in [9.17, 15) is 14.0 Å². The zero-order chi connectivity index (χ0) is 15.0. The molecule has 0 spiro atoms. The zero-order valence-electron chi connectivity index (χ0n) is 11.5. The minimum absolute atomic E-state index is 0.0426. The molecule has 20 heavy (non-hydrogen) atoms. The smallest absolute Gasteiger partial charge is 0.307 e. The molecule has 0 amide bonds. The number of esters is 2. The lowest BCUT2D eigenvalue weighted by Crippen LogP contribution is -2.33. The van der Waals surface area contributed by atoms with Crippen LogP contribution in [0, 0.1) is 5.82 Å². The first-order chi connectivity index (χ1) is 9.55. The van der Waals surface area contributed by atoms with Crippen molar-refractivity contribution in [2.45, 2.75) is 25.4 Å². The molecule has 110 valence electrons. The monoisotopic (exact) mass is 283 g/mol. The van der Waals surface area contributed by atoms with Gasteiger partial charge in [-0.3, -0.25) is 9.59 Å². The fourth-order valence-electron chi connectivity index (χ4n) is 1.69. The van der Waals surface area contributed by atoms with Gasteiger partial charge in [-0.2, -0.15) is 0 Å². The molecule has 0 saturated carbocycles. The van der Waals surface area contributed by atoms with Crippen LogP contribution in [0.25, 0.3) is 0 Å². The Hall–Kier alpha value is -1.95. The number of methoxy groups -OCH3 is 2. The van der Waals surface area contributed by atoms with E-state index in [-0.39, 0.29) is 18.7 Å². The summed E-state index contributed by atoms with van der Waals surface area (Å²) in [4.78, 5) is 22.6. The molecular weight excluding hydrogens is 265 g/mol. The third-order valence-electron chi connectivity index (χ3n) is 2.77. The van der Waals surface area contributed by atoms with Gasteiger partial charge in [0.1, 0.15) is 5.82 Å². The number of ether oxygens (including phenoxy) is 2. The van der Waals surface area contributed by atoms with Crippen LogP contribution < -0.4 is 5.32 Å². The van der Waals surface area contributed by atoms with Gasteiger partial charge in [-0.05, 0) is 17.7 Å². The fraction of sp³-hybridized carbons (Fsp3) is 0.429. The summed E-state index contributed by atoms with van der Waals surface area (Å²) in [6.07, 6.45) is 0.0852. The van der Waals surface area contributed by atoms with Crippen molar-refractivity contribution in [1.29, 1.82) is 0 Å². The number of carbonyl (C=O) groups excluding carboxylic acids is 2. The van der Waals surface area contributed by atoms with Gasteiger partial charge < -0.3 is 14.8 Å². The summed E-state index contributed by atoms with van der Waals surface area (Å²) < 4.78 is 22.2. The number of nitrogens with one attached hydrogen (secondary N) is 1. The largest absolute Gasteiger partial charge is 0.469 e. The number of rotatable bonds is 7. The highest BCUT2D eigenvalue weighted by Gasteiger charge is 2.18. The van der Waals surface area contributed by atoms with Gasteiger partial charge in [0.2, 0.25) is 0 Å². The third kappa shape index (κ3) is 5.79. The van der Waals surface area contributed by atoms with Crippen molar-refractivity contribution < 1.29 is 23.5 Å². The molecule has 0 unspecified atom stereocenters. The average molecular weight is 283 g/mol. The Kier molecular flexibility index (Phi) is 6.66. The summed E-state index contributed by atoms with van der Waals surface area (Å²) in [5.74, 6) is -1.18. The molecule has 0 aliphatic heterocycles. The molecule has 0 atom stereocenters. The van der Waals surface area contributed by atoms with E-state index < -0.39 is 18.0 Å². The lowest BCUT2D eigenvalue weighted by molar-refractivity contribution is -0.143. The zero-order valence-corrected chi connectivity index (χ0v) is 11.5. The van der Waals surface area contributed by atoms with E-state index >= 15 is 0 Å². The average Bonchev–Trinajstić information content (AvgIpc) is 2.44. The SMILES string of the molecule is COC(=O)CC(CC(=O)OC)NCc1cccc(F)c1. The maximum absolute atomic E-state index is 13.0. The molecule has 0 aromatic heterocycles. The molecular formula is C14H18FNO4. The van der Waals surface area contributed by atoms with Crippen LogP contribution in [0.5, 0.6) is 0 Å². The Balaban J connectivity index is 2.59. The Bertz CT molecular complexity index is 446. The molecule has 1 N–H and O–H groups in total. The summed E-state index contributed by atoms with van der Waals surface area (Å²) in [5, 5.41) is 3.03. The molecule has 0 bridgehead atoms. The van der Waals surface area contributed by atoms with Crippen molar-refractivity contribution in [3.8, 4) is 0 Å². The summed E-state index contributed by atoms with van der Waals surface area (Å²) in [6.45, 7) is 0.344. The summed E-state index contributed by atoms with van der Waals surface area (Å²) in [6, 6.07) is 5.67. The quantitative estimate of drug-likeness (QED) is 0.766. The number of benzene rings is 1. The van der Waals surface area contributed by atoms with Crippen molar-refractivity contribution in [1.82, 2.24) is 5.32 Å². The molecule has 1 aromatic carbocycles. The van der Waals surface area contributed by atoms with Gasteiger partial charge in [0.25, 0.3) is 0 Å². The van der Waals surface area contributed by atoms with Gasteiger partial charge in [-0.25, -0.2) is 4.39 Å². The summed E-state index contributed by atoms with van der Waals surface area (Å²) >= 11 is 0. The van der Waals surface area contributed by atoms with Crippen LogP contribution in [-0.2, 0) is 25.6 Å². The van der Waals surface area contributed by atoms with Crippen LogP contribution in [0.1, 0.15) is 18.4 Å². The van der Waals surface area contributed by atoms with Crippen LogP contribution in [0.4, 0.5) is 4.39 Å². The van der Waals surface area contributed by atoms with Crippen LogP contribution >= 0.6 is 0 Å². The maximum atomic E-state index is 13.0. The van der Waals surface area contributed by atoms with Crippen molar-refractivity contribution >= 4 is 11.9 Å². The topological polar surface area (TPSA) is 64.6 Å². The molecule has 0 radical (unpaired) electrons. The normalized spacial score (nSPS) is 10.4. The molecule has 0 heterocycles. The van der Waals surface area contributed by atoms with Gasteiger partial charge in [0.15, 0.2) is 0 Å². The van der Waals surface area contributed by atoms with Gasteiger partial charge >= 0.3 is 11.9 Å². The highest BCUT2D eigenvalue weighted by Crippen LogP contribution is 2.06. The predicted molar refractivity (Wildman–Crippen MR) is 70.3 cm³/mol. The van der Waals surface area contributed by atoms with E-state index in [1.54, 1.807) is 12.1 Å². The first kappa shape index (κ1) is 16.1. The fourth-order valence-corrected chi connectivity index (χ4v) is 1.69. The van der Waals surface area contributed by atoms with Crippen LogP contribution in [0.3, 0.4) is 0 Å². The van der Waals surface area contributed by atoms with E-state index in [0.717, 1.165) is 5.56 Å². The number of hydrogen-bond acceptors (Lipinski definition) is 5. The van der Waals surface area contributed by atoms with Gasteiger partial charge in [0.05, 0.1) is 27.1 Å². The van der Waals surface area contributed by atoms with E-state index in [2.05, 4.69) is 14.8 Å². The number of halogens is 1. The first-order valence-corrected chi connectivity index (χ1v) is 6.16. The molecule has 0 aliphatic carbocycles. The molecule has 0 saturated heterocycles.